The average molecular weight is 605 g/mol. The molecule has 3 atom stereocenters. The summed E-state index contributed by atoms with van der Waals surface area (Å²) in [4.78, 5) is 62.3. The van der Waals surface area contributed by atoms with Crippen molar-refractivity contribution in [2.75, 3.05) is 57.9 Å². The number of anilines is 1. The molecule has 2 fully saturated rings. The van der Waals surface area contributed by atoms with Crippen LogP contribution in [0.4, 0.5) is 10.6 Å². The maximum atomic E-state index is 13.6. The van der Waals surface area contributed by atoms with Gasteiger partial charge >= 0.3 is 19.7 Å². The highest BCUT2D eigenvalue weighted by molar-refractivity contribution is 7.54. The molecule has 4 rings (SSSR count). The van der Waals surface area contributed by atoms with Gasteiger partial charge in [0, 0.05) is 58.0 Å². The lowest BCUT2D eigenvalue weighted by Gasteiger charge is -2.27. The molecule has 0 spiro atoms. The highest BCUT2D eigenvalue weighted by Crippen LogP contribution is 2.47. The van der Waals surface area contributed by atoms with Gasteiger partial charge in [-0.25, -0.2) is 19.6 Å². The first-order chi connectivity index (χ1) is 20.2. The standard InChI is InChI=1S/C27H37N6O8P/c1-3-4-16-40-42(37,38)25(26(35)41-27(36)32-14-11-28-12-15-32)31-24(34)21-17-22(33-13-10-20(18-33)39-2)30-23(29-21)19-8-6-5-7-9-19/h5-9,17,20,25,28H,3-4,10-16,18H2,1-2H3,(H,31,34)(H,37,38). The molecular weight excluding hydrogens is 567 g/mol. The predicted octanol–water partition coefficient (Wildman–Crippen LogP) is 2.00. The van der Waals surface area contributed by atoms with Crippen LogP contribution in [0.25, 0.3) is 11.4 Å². The SMILES string of the molecule is CCCCOP(=O)(O)C(NC(=O)c1cc(N2CCC(OC)C2)nc(-c2ccccc2)n1)C(=O)OC(=O)N1CCNCC1. The number of hydrogen-bond donors (Lipinski definition) is 3. The Kier molecular flexibility index (Phi) is 11.0. The number of carbonyl (C=O) groups excluding carboxylic acids is 3. The fraction of sp³-hybridized carbons (Fsp3) is 0.519. The number of unbranched alkanes of at least 4 members (excludes halogenated alkanes) is 1. The van der Waals surface area contributed by atoms with Crippen molar-refractivity contribution in [3.63, 3.8) is 0 Å². The van der Waals surface area contributed by atoms with E-state index in [1.54, 1.807) is 31.4 Å². The van der Waals surface area contributed by atoms with Crippen molar-refractivity contribution in [3.8, 4) is 11.4 Å². The summed E-state index contributed by atoms with van der Waals surface area (Å²) < 4.78 is 28.8. The zero-order chi connectivity index (χ0) is 30.1. The Bertz CT molecular complexity index is 1290. The van der Waals surface area contributed by atoms with E-state index in [2.05, 4.69) is 20.6 Å². The smallest absolute Gasteiger partial charge is 0.380 e. The predicted molar refractivity (Wildman–Crippen MR) is 153 cm³/mol. The van der Waals surface area contributed by atoms with Crippen LogP contribution in [0.2, 0.25) is 0 Å². The molecule has 14 nitrogen and oxygen atoms in total. The minimum Gasteiger partial charge on any atom is -0.380 e. The van der Waals surface area contributed by atoms with E-state index in [0.717, 1.165) is 6.42 Å². The van der Waals surface area contributed by atoms with Crippen molar-refractivity contribution in [3.05, 3.63) is 42.1 Å². The number of aromatic nitrogens is 2. The molecule has 0 aliphatic carbocycles. The average Bonchev–Trinajstić information content (AvgIpc) is 3.50. The van der Waals surface area contributed by atoms with E-state index >= 15 is 0 Å². The number of hydrogen-bond acceptors (Lipinski definition) is 11. The van der Waals surface area contributed by atoms with Gasteiger partial charge in [-0.15, -0.1) is 0 Å². The normalized spacial score (nSPS) is 19.2. The maximum absolute atomic E-state index is 13.6. The summed E-state index contributed by atoms with van der Waals surface area (Å²) in [5, 5.41) is 5.33. The second-order valence-corrected chi connectivity index (χ2v) is 11.8. The van der Waals surface area contributed by atoms with Crippen LogP contribution in [0.3, 0.4) is 0 Å². The summed E-state index contributed by atoms with van der Waals surface area (Å²) in [6.45, 7) is 4.49. The quantitative estimate of drug-likeness (QED) is 0.148. The summed E-state index contributed by atoms with van der Waals surface area (Å²) in [5.74, 6) is -3.82. The fourth-order valence-electron chi connectivity index (χ4n) is 4.50. The Morgan fingerprint density at radius 1 is 1.17 bits per heavy atom. The second-order valence-electron chi connectivity index (χ2n) is 9.94. The van der Waals surface area contributed by atoms with E-state index in [9.17, 15) is 23.8 Å². The topological polar surface area (TPSA) is 173 Å². The molecule has 3 unspecified atom stereocenters. The number of amides is 2. The van der Waals surface area contributed by atoms with E-state index in [4.69, 9.17) is 14.0 Å². The lowest BCUT2D eigenvalue weighted by atomic mass is 10.2. The number of rotatable bonds is 11. The Hall–Kier alpha value is -3.42. The van der Waals surface area contributed by atoms with Crippen LogP contribution in [-0.2, 0) is 23.4 Å². The third-order valence-electron chi connectivity index (χ3n) is 6.93. The highest BCUT2D eigenvalue weighted by atomic mass is 31.2. The molecule has 0 saturated carbocycles. The molecule has 2 amide bonds. The van der Waals surface area contributed by atoms with E-state index in [-0.39, 0.29) is 24.2 Å². The van der Waals surface area contributed by atoms with Crippen LogP contribution in [0.15, 0.2) is 36.4 Å². The van der Waals surface area contributed by atoms with Crippen LogP contribution in [0.5, 0.6) is 0 Å². The number of ether oxygens (including phenoxy) is 2. The van der Waals surface area contributed by atoms with Gasteiger partial charge in [-0.1, -0.05) is 43.7 Å². The van der Waals surface area contributed by atoms with Crippen molar-refractivity contribution >= 4 is 31.4 Å². The van der Waals surface area contributed by atoms with Gasteiger partial charge in [-0.2, -0.15) is 0 Å². The number of nitrogens with zero attached hydrogens (tertiary/aromatic N) is 4. The van der Waals surface area contributed by atoms with Gasteiger partial charge in [0.2, 0.25) is 5.78 Å². The van der Waals surface area contributed by atoms with Gasteiger partial charge < -0.3 is 39.3 Å². The monoisotopic (exact) mass is 604 g/mol. The minimum atomic E-state index is -4.83. The van der Waals surface area contributed by atoms with Gasteiger partial charge in [-0.05, 0) is 12.8 Å². The van der Waals surface area contributed by atoms with Gasteiger partial charge in [0.15, 0.2) is 5.82 Å². The molecule has 2 aliphatic rings. The first kappa shape index (κ1) is 31.5. The van der Waals surface area contributed by atoms with Gasteiger partial charge in [0.1, 0.15) is 11.5 Å². The molecule has 228 valence electrons. The number of piperazine rings is 1. The van der Waals surface area contributed by atoms with Crippen molar-refractivity contribution in [1.82, 2.24) is 25.5 Å². The molecule has 1 aromatic carbocycles. The van der Waals surface area contributed by atoms with Crippen LogP contribution in [-0.4, -0.2) is 103 Å². The Balaban J connectivity index is 1.62. The minimum absolute atomic E-state index is 0.00896. The zero-order valence-corrected chi connectivity index (χ0v) is 24.6. The lowest BCUT2D eigenvalue weighted by Crippen LogP contribution is -2.49. The third-order valence-corrected chi connectivity index (χ3v) is 8.48. The molecule has 3 N–H and O–H groups in total. The van der Waals surface area contributed by atoms with Crippen LogP contribution >= 0.6 is 7.60 Å². The number of esters is 1. The van der Waals surface area contributed by atoms with Crippen molar-refractivity contribution in [2.45, 2.75) is 38.1 Å². The molecule has 15 heteroatoms. The zero-order valence-electron chi connectivity index (χ0n) is 23.7. The molecule has 0 radical (unpaired) electrons. The third kappa shape index (κ3) is 8.11. The second kappa shape index (κ2) is 14.7. The van der Waals surface area contributed by atoms with Crippen molar-refractivity contribution in [1.29, 1.82) is 0 Å². The number of carbonyl (C=O) groups is 3. The molecule has 1 aromatic heterocycles. The first-order valence-electron chi connectivity index (χ1n) is 13.9. The maximum Gasteiger partial charge on any atom is 0.417 e. The summed E-state index contributed by atoms with van der Waals surface area (Å²) >= 11 is 0. The van der Waals surface area contributed by atoms with Gasteiger partial charge in [0.25, 0.3) is 5.91 Å². The van der Waals surface area contributed by atoms with E-state index < -0.39 is 31.3 Å². The van der Waals surface area contributed by atoms with Gasteiger partial charge in [-0.3, -0.25) is 9.36 Å². The van der Waals surface area contributed by atoms with Crippen molar-refractivity contribution < 1.29 is 37.8 Å². The molecule has 2 saturated heterocycles. The molecule has 0 bridgehead atoms. The Labute approximate surface area is 244 Å². The number of benzene rings is 1. The molecule has 42 heavy (non-hydrogen) atoms. The van der Waals surface area contributed by atoms with Crippen molar-refractivity contribution in [2.24, 2.45) is 0 Å². The van der Waals surface area contributed by atoms with Crippen LogP contribution in [0, 0.1) is 0 Å². The number of nitrogens with one attached hydrogen (secondary N) is 2. The van der Waals surface area contributed by atoms with Crippen LogP contribution in [0.1, 0.15) is 36.7 Å². The van der Waals surface area contributed by atoms with Crippen LogP contribution < -0.4 is 15.5 Å². The van der Waals surface area contributed by atoms with Gasteiger partial charge in [0.05, 0.1) is 12.7 Å². The number of methoxy groups -OCH3 is 1. The highest BCUT2D eigenvalue weighted by Gasteiger charge is 2.43. The van der Waals surface area contributed by atoms with E-state index in [1.807, 2.05) is 17.9 Å². The molecular formula is C27H37N6O8P. The first-order valence-corrected chi connectivity index (χ1v) is 15.6. The largest absolute Gasteiger partial charge is 0.417 e. The van der Waals surface area contributed by atoms with E-state index in [1.165, 1.54) is 11.0 Å². The summed E-state index contributed by atoms with van der Waals surface area (Å²) in [6.07, 6.45) is 0.876. The molecule has 2 aliphatic heterocycles. The summed E-state index contributed by atoms with van der Waals surface area (Å²) in [6, 6.07) is 10.5. The Morgan fingerprint density at radius 2 is 1.90 bits per heavy atom. The fourth-order valence-corrected chi connectivity index (χ4v) is 5.64. The summed E-state index contributed by atoms with van der Waals surface area (Å²) in [7, 11) is -3.20. The summed E-state index contributed by atoms with van der Waals surface area (Å²) in [5.41, 5.74) is 0.490. The van der Waals surface area contributed by atoms with E-state index in [0.29, 0.717) is 63.5 Å². The molecule has 3 heterocycles. The Morgan fingerprint density at radius 3 is 2.57 bits per heavy atom. The lowest BCUT2D eigenvalue weighted by molar-refractivity contribution is -0.138. The molecule has 2 aromatic rings.